The van der Waals surface area contributed by atoms with E-state index in [4.69, 9.17) is 14.6 Å². The fourth-order valence-corrected chi connectivity index (χ4v) is 2.63. The van der Waals surface area contributed by atoms with Gasteiger partial charge in [0.05, 0.1) is 31.0 Å². The van der Waals surface area contributed by atoms with Crippen LogP contribution in [0.25, 0.3) is 0 Å². The van der Waals surface area contributed by atoms with Gasteiger partial charge in [0.25, 0.3) is 0 Å². The van der Waals surface area contributed by atoms with Crippen molar-refractivity contribution >= 4 is 11.7 Å². The summed E-state index contributed by atoms with van der Waals surface area (Å²) >= 11 is 0. The summed E-state index contributed by atoms with van der Waals surface area (Å²) in [5.74, 6) is 0.540. The molecule has 1 heterocycles. The molecule has 0 aliphatic carbocycles. The lowest BCUT2D eigenvalue weighted by atomic mass is 9.98. The molecule has 2 aromatic carbocycles. The van der Waals surface area contributed by atoms with Crippen LogP contribution in [0.3, 0.4) is 0 Å². The molecule has 0 spiro atoms. The van der Waals surface area contributed by atoms with Crippen LogP contribution in [0.4, 0.5) is 5.69 Å². The van der Waals surface area contributed by atoms with Crippen molar-refractivity contribution in [1.29, 1.82) is 0 Å². The normalized spacial score (nSPS) is 16.3. The van der Waals surface area contributed by atoms with Crippen LogP contribution >= 0.6 is 0 Å². The van der Waals surface area contributed by atoms with Gasteiger partial charge in [-0.15, -0.1) is 0 Å². The third-order valence-electron chi connectivity index (χ3n) is 3.73. The maximum atomic E-state index is 11.2. The molecule has 0 radical (unpaired) electrons. The van der Waals surface area contributed by atoms with Gasteiger partial charge in [0.15, 0.2) is 0 Å². The van der Waals surface area contributed by atoms with Crippen molar-refractivity contribution in [3.63, 3.8) is 0 Å². The lowest BCUT2D eigenvalue weighted by Gasteiger charge is -2.28. The molecule has 0 saturated heterocycles. The second-order valence-electron chi connectivity index (χ2n) is 5.09. The molecule has 0 saturated carbocycles. The van der Waals surface area contributed by atoms with Crippen LogP contribution in [0, 0.1) is 0 Å². The first-order valence-corrected chi connectivity index (χ1v) is 7.08. The van der Waals surface area contributed by atoms with Crippen LogP contribution in [0.2, 0.25) is 0 Å². The van der Waals surface area contributed by atoms with Crippen molar-refractivity contribution in [2.24, 2.45) is 0 Å². The van der Waals surface area contributed by atoms with E-state index in [0.29, 0.717) is 6.61 Å². The van der Waals surface area contributed by atoms with Gasteiger partial charge in [-0.25, -0.2) is 4.79 Å². The van der Waals surface area contributed by atoms with Crippen molar-refractivity contribution in [2.75, 3.05) is 19.0 Å². The summed E-state index contributed by atoms with van der Waals surface area (Å²) in [6.07, 6.45) is 0.758. The Bertz CT molecular complexity index is 699. The highest BCUT2D eigenvalue weighted by Crippen LogP contribution is 2.37. The van der Waals surface area contributed by atoms with Gasteiger partial charge in [-0.3, -0.25) is 0 Å². The summed E-state index contributed by atoms with van der Waals surface area (Å²) in [4.78, 5) is 11.2. The summed E-state index contributed by atoms with van der Waals surface area (Å²) in [6, 6.07) is 12.6. The third-order valence-corrected chi connectivity index (χ3v) is 3.73. The molecule has 2 N–H and O–H groups in total. The van der Waals surface area contributed by atoms with Crippen LogP contribution < -0.4 is 14.8 Å². The smallest absolute Gasteiger partial charge is 0.335 e. The largest absolute Gasteiger partial charge is 0.495 e. The van der Waals surface area contributed by atoms with Crippen LogP contribution in [0.15, 0.2) is 42.5 Å². The number of carbonyl (C=O) groups is 1. The number of carboxylic acid groups (broad SMARTS) is 1. The van der Waals surface area contributed by atoms with E-state index in [9.17, 15) is 4.79 Å². The highest BCUT2D eigenvalue weighted by atomic mass is 16.5. The zero-order valence-corrected chi connectivity index (χ0v) is 12.2. The van der Waals surface area contributed by atoms with E-state index >= 15 is 0 Å². The molecule has 22 heavy (non-hydrogen) atoms. The first-order valence-electron chi connectivity index (χ1n) is 7.08. The van der Waals surface area contributed by atoms with E-state index in [1.54, 1.807) is 25.3 Å². The number of anilines is 1. The van der Waals surface area contributed by atoms with E-state index in [0.717, 1.165) is 29.2 Å². The molecule has 3 rings (SSSR count). The van der Waals surface area contributed by atoms with Gasteiger partial charge in [0.1, 0.15) is 11.5 Å². The zero-order chi connectivity index (χ0) is 15.5. The minimum absolute atomic E-state index is 0.0145. The average molecular weight is 299 g/mol. The number of hydrogen-bond donors (Lipinski definition) is 2. The maximum Gasteiger partial charge on any atom is 0.335 e. The lowest BCUT2D eigenvalue weighted by Crippen LogP contribution is -2.21. The molecule has 114 valence electrons. The van der Waals surface area contributed by atoms with Crippen LogP contribution in [0.5, 0.6) is 11.5 Å². The summed E-state index contributed by atoms with van der Waals surface area (Å²) < 4.78 is 11.0. The molecule has 0 aromatic heterocycles. The molecule has 1 unspecified atom stereocenters. The Morgan fingerprint density at radius 2 is 2.14 bits per heavy atom. The number of fused-ring (bicyclic) bond motifs is 1. The molecular formula is C17H17NO4. The summed E-state index contributed by atoms with van der Waals surface area (Å²) in [5.41, 5.74) is 2.00. The molecule has 0 fully saturated rings. The Morgan fingerprint density at radius 3 is 2.91 bits per heavy atom. The number of aromatic carboxylic acids is 1. The SMILES string of the molecule is COc1ccccc1NC1CCOc2ccc(C(=O)O)cc21. The summed E-state index contributed by atoms with van der Waals surface area (Å²) in [6.45, 7) is 0.590. The van der Waals surface area contributed by atoms with Crippen molar-refractivity contribution in [1.82, 2.24) is 0 Å². The van der Waals surface area contributed by atoms with Crippen LogP contribution in [0.1, 0.15) is 28.4 Å². The average Bonchev–Trinajstić information content (AvgIpc) is 2.55. The van der Waals surface area contributed by atoms with E-state index in [2.05, 4.69) is 5.32 Å². The van der Waals surface area contributed by atoms with Gasteiger partial charge in [-0.1, -0.05) is 12.1 Å². The summed E-state index contributed by atoms with van der Waals surface area (Å²) in [5, 5.41) is 12.6. The van der Waals surface area contributed by atoms with Crippen molar-refractivity contribution in [3.05, 3.63) is 53.6 Å². The van der Waals surface area contributed by atoms with Gasteiger partial charge >= 0.3 is 5.97 Å². The number of nitrogens with one attached hydrogen (secondary N) is 1. The van der Waals surface area contributed by atoms with Gasteiger partial charge in [-0.05, 0) is 30.3 Å². The quantitative estimate of drug-likeness (QED) is 0.906. The second-order valence-corrected chi connectivity index (χ2v) is 5.09. The fraction of sp³-hybridized carbons (Fsp3) is 0.235. The molecule has 1 aliphatic heterocycles. The fourth-order valence-electron chi connectivity index (χ4n) is 2.63. The predicted molar refractivity (Wildman–Crippen MR) is 82.9 cm³/mol. The van der Waals surface area contributed by atoms with E-state index < -0.39 is 5.97 Å². The number of benzene rings is 2. The maximum absolute atomic E-state index is 11.2. The number of hydrogen-bond acceptors (Lipinski definition) is 4. The van der Waals surface area contributed by atoms with Gasteiger partial charge < -0.3 is 19.9 Å². The first-order chi connectivity index (χ1) is 10.7. The lowest BCUT2D eigenvalue weighted by molar-refractivity contribution is 0.0696. The minimum atomic E-state index is -0.940. The zero-order valence-electron chi connectivity index (χ0n) is 12.2. The molecule has 0 bridgehead atoms. The Balaban J connectivity index is 1.94. The Labute approximate surface area is 128 Å². The highest BCUT2D eigenvalue weighted by molar-refractivity contribution is 5.88. The Kier molecular flexibility index (Phi) is 3.87. The first kappa shape index (κ1) is 14.3. The molecular weight excluding hydrogens is 282 g/mol. The Hall–Kier alpha value is -2.69. The van der Waals surface area contributed by atoms with Gasteiger partial charge in [0.2, 0.25) is 0 Å². The number of methoxy groups -OCH3 is 1. The van der Waals surface area contributed by atoms with Gasteiger partial charge in [-0.2, -0.15) is 0 Å². The van der Waals surface area contributed by atoms with Crippen LogP contribution in [-0.4, -0.2) is 24.8 Å². The van der Waals surface area contributed by atoms with E-state index in [1.807, 2.05) is 24.3 Å². The van der Waals surface area contributed by atoms with Crippen molar-refractivity contribution in [3.8, 4) is 11.5 Å². The third kappa shape index (κ3) is 2.70. The molecule has 5 nitrogen and oxygen atoms in total. The topological polar surface area (TPSA) is 67.8 Å². The minimum Gasteiger partial charge on any atom is -0.495 e. The van der Waals surface area contributed by atoms with Gasteiger partial charge in [0, 0.05) is 12.0 Å². The Morgan fingerprint density at radius 1 is 1.32 bits per heavy atom. The van der Waals surface area contributed by atoms with Crippen molar-refractivity contribution < 1.29 is 19.4 Å². The van der Waals surface area contributed by atoms with Crippen LogP contribution in [-0.2, 0) is 0 Å². The molecule has 1 atom stereocenters. The second kappa shape index (κ2) is 5.97. The number of ether oxygens (including phenoxy) is 2. The number of carboxylic acids is 1. The number of rotatable bonds is 4. The standard InChI is InChI=1S/C17H17NO4/c1-21-16-5-3-2-4-14(16)18-13-8-9-22-15-7-6-11(17(19)20)10-12(13)15/h2-7,10,13,18H,8-9H2,1H3,(H,19,20). The number of para-hydroxylation sites is 2. The predicted octanol–water partition coefficient (Wildman–Crippen LogP) is 3.33. The van der Waals surface area contributed by atoms with E-state index in [-0.39, 0.29) is 11.6 Å². The molecule has 0 amide bonds. The van der Waals surface area contributed by atoms with E-state index in [1.165, 1.54) is 0 Å². The highest BCUT2D eigenvalue weighted by Gasteiger charge is 2.23. The molecule has 5 heteroatoms. The summed E-state index contributed by atoms with van der Waals surface area (Å²) in [7, 11) is 1.63. The molecule has 2 aromatic rings. The molecule has 1 aliphatic rings. The monoisotopic (exact) mass is 299 g/mol. The van der Waals surface area contributed by atoms with Crippen molar-refractivity contribution in [2.45, 2.75) is 12.5 Å².